The summed E-state index contributed by atoms with van der Waals surface area (Å²) in [5.41, 5.74) is 1.04. The lowest BCUT2D eigenvalue weighted by atomic mass is 10.5. The third-order valence-corrected chi connectivity index (χ3v) is 1.88. The Morgan fingerprint density at radius 2 is 2.40 bits per heavy atom. The first-order valence-corrected chi connectivity index (χ1v) is 3.60. The summed E-state index contributed by atoms with van der Waals surface area (Å²) < 4.78 is 2.65. The highest BCUT2D eigenvalue weighted by molar-refractivity contribution is 9.10. The van der Waals surface area contributed by atoms with Crippen molar-refractivity contribution in [3.63, 3.8) is 0 Å². The standard InChI is InChI=1S/C6H4BrN3/c7-6-9-3-5-1-2-8-4-10(5)6/h1-4H. The van der Waals surface area contributed by atoms with Gasteiger partial charge in [0.05, 0.1) is 11.7 Å². The van der Waals surface area contributed by atoms with Gasteiger partial charge < -0.3 is 0 Å². The largest absolute Gasteiger partial charge is 0.278 e. The minimum absolute atomic E-state index is 0.788. The van der Waals surface area contributed by atoms with Crippen molar-refractivity contribution >= 4 is 21.4 Å². The Morgan fingerprint density at radius 1 is 1.50 bits per heavy atom. The van der Waals surface area contributed by atoms with Gasteiger partial charge in [0, 0.05) is 6.20 Å². The third kappa shape index (κ3) is 0.724. The van der Waals surface area contributed by atoms with Gasteiger partial charge in [-0.25, -0.2) is 9.97 Å². The van der Waals surface area contributed by atoms with E-state index in [0.717, 1.165) is 10.3 Å². The van der Waals surface area contributed by atoms with Crippen molar-refractivity contribution < 1.29 is 0 Å². The molecule has 4 heteroatoms. The van der Waals surface area contributed by atoms with Gasteiger partial charge in [-0.1, -0.05) is 0 Å². The van der Waals surface area contributed by atoms with E-state index in [0.29, 0.717) is 0 Å². The molecule has 2 aromatic heterocycles. The minimum atomic E-state index is 0.788. The predicted molar refractivity (Wildman–Crippen MR) is 40.7 cm³/mol. The monoisotopic (exact) mass is 197 g/mol. The van der Waals surface area contributed by atoms with Gasteiger partial charge in [0.25, 0.3) is 0 Å². The fourth-order valence-corrected chi connectivity index (χ4v) is 1.21. The number of hydrogen-bond donors (Lipinski definition) is 0. The van der Waals surface area contributed by atoms with Crippen molar-refractivity contribution in [1.29, 1.82) is 0 Å². The molecule has 0 spiro atoms. The zero-order valence-electron chi connectivity index (χ0n) is 5.03. The first-order chi connectivity index (χ1) is 4.88. The fourth-order valence-electron chi connectivity index (χ4n) is 0.813. The first kappa shape index (κ1) is 5.85. The number of fused-ring (bicyclic) bond motifs is 1. The van der Waals surface area contributed by atoms with E-state index in [1.165, 1.54) is 0 Å². The van der Waals surface area contributed by atoms with Crippen LogP contribution in [0.2, 0.25) is 0 Å². The van der Waals surface area contributed by atoms with Crippen LogP contribution in [0.3, 0.4) is 0 Å². The molecule has 0 saturated carbocycles. The minimum Gasteiger partial charge on any atom is -0.278 e. The lowest BCUT2D eigenvalue weighted by molar-refractivity contribution is 1.04. The predicted octanol–water partition coefficient (Wildman–Crippen LogP) is 1.49. The van der Waals surface area contributed by atoms with Gasteiger partial charge in [-0.05, 0) is 22.0 Å². The Kier molecular flexibility index (Phi) is 1.20. The highest BCUT2D eigenvalue weighted by atomic mass is 79.9. The van der Waals surface area contributed by atoms with Crippen molar-refractivity contribution in [2.45, 2.75) is 0 Å². The van der Waals surface area contributed by atoms with Crippen LogP contribution in [0.4, 0.5) is 0 Å². The van der Waals surface area contributed by atoms with Gasteiger partial charge in [0.15, 0.2) is 4.73 Å². The quantitative estimate of drug-likeness (QED) is 0.641. The zero-order valence-corrected chi connectivity index (χ0v) is 6.62. The van der Waals surface area contributed by atoms with Crippen LogP contribution in [0.1, 0.15) is 0 Å². The van der Waals surface area contributed by atoms with E-state index in [2.05, 4.69) is 25.9 Å². The van der Waals surface area contributed by atoms with Crippen LogP contribution in [0.5, 0.6) is 0 Å². The molecule has 0 unspecified atom stereocenters. The van der Waals surface area contributed by atoms with Gasteiger partial charge in [-0.2, -0.15) is 0 Å². The molecule has 0 atom stereocenters. The Hall–Kier alpha value is -0.900. The van der Waals surface area contributed by atoms with Gasteiger partial charge in [-0.15, -0.1) is 0 Å². The molecule has 0 aliphatic heterocycles. The van der Waals surface area contributed by atoms with Crippen LogP contribution >= 0.6 is 15.9 Å². The molecule has 2 rings (SSSR count). The van der Waals surface area contributed by atoms with E-state index < -0.39 is 0 Å². The normalized spacial score (nSPS) is 10.5. The van der Waals surface area contributed by atoms with Gasteiger partial charge in [0.1, 0.15) is 6.33 Å². The Morgan fingerprint density at radius 3 is 3.20 bits per heavy atom. The van der Waals surface area contributed by atoms with E-state index in [9.17, 15) is 0 Å². The molecule has 0 bridgehead atoms. The Balaban J connectivity index is 2.93. The zero-order chi connectivity index (χ0) is 6.97. The van der Waals surface area contributed by atoms with Crippen LogP contribution in [0.25, 0.3) is 5.52 Å². The average Bonchev–Trinajstić information content (AvgIpc) is 2.34. The summed E-state index contributed by atoms with van der Waals surface area (Å²) in [6.45, 7) is 0. The van der Waals surface area contributed by atoms with Gasteiger partial charge in [-0.3, -0.25) is 4.40 Å². The third-order valence-electron chi connectivity index (χ3n) is 1.29. The summed E-state index contributed by atoms with van der Waals surface area (Å²) in [4.78, 5) is 7.97. The van der Waals surface area contributed by atoms with Gasteiger partial charge in [0.2, 0.25) is 0 Å². The van der Waals surface area contributed by atoms with Crippen LogP contribution in [-0.2, 0) is 0 Å². The van der Waals surface area contributed by atoms with Crippen molar-refractivity contribution in [2.75, 3.05) is 0 Å². The molecular formula is C6H4BrN3. The van der Waals surface area contributed by atoms with Crippen molar-refractivity contribution in [2.24, 2.45) is 0 Å². The molecule has 0 aliphatic carbocycles. The maximum atomic E-state index is 4.04. The Labute approximate surface area is 65.9 Å². The second kappa shape index (κ2) is 2.05. The van der Waals surface area contributed by atoms with Crippen LogP contribution in [0, 0.1) is 0 Å². The van der Waals surface area contributed by atoms with Crippen LogP contribution < -0.4 is 0 Å². The molecule has 0 N–H and O–H groups in total. The van der Waals surface area contributed by atoms with E-state index in [1.807, 2.05) is 10.5 Å². The Bertz CT molecular complexity index is 355. The smallest absolute Gasteiger partial charge is 0.182 e. The SMILES string of the molecule is Brc1ncc2ccncn12. The second-order valence-electron chi connectivity index (χ2n) is 1.90. The lowest BCUT2D eigenvalue weighted by Crippen LogP contribution is -1.83. The summed E-state index contributed by atoms with van der Waals surface area (Å²) in [6, 6.07) is 1.90. The molecule has 3 nitrogen and oxygen atoms in total. The summed E-state index contributed by atoms with van der Waals surface area (Å²) in [5.74, 6) is 0. The molecule has 0 aliphatic rings. The lowest BCUT2D eigenvalue weighted by Gasteiger charge is -1.89. The molecule has 2 aromatic rings. The topological polar surface area (TPSA) is 30.2 Å². The molecule has 0 fully saturated rings. The molecular weight excluding hydrogens is 194 g/mol. The van der Waals surface area contributed by atoms with E-state index in [-0.39, 0.29) is 0 Å². The number of hydrogen-bond acceptors (Lipinski definition) is 2. The molecule has 50 valence electrons. The van der Waals surface area contributed by atoms with Crippen LogP contribution in [-0.4, -0.2) is 14.4 Å². The molecule has 2 heterocycles. The van der Waals surface area contributed by atoms with E-state index in [1.54, 1.807) is 18.7 Å². The fraction of sp³-hybridized carbons (Fsp3) is 0. The molecule has 0 aromatic carbocycles. The number of rotatable bonds is 0. The summed E-state index contributed by atoms with van der Waals surface area (Å²) in [7, 11) is 0. The van der Waals surface area contributed by atoms with Gasteiger partial charge >= 0.3 is 0 Å². The molecule has 0 radical (unpaired) electrons. The van der Waals surface area contributed by atoms with Crippen molar-refractivity contribution in [3.05, 3.63) is 29.5 Å². The number of nitrogens with zero attached hydrogens (tertiary/aromatic N) is 3. The number of imidazole rings is 1. The highest BCUT2D eigenvalue weighted by Crippen LogP contribution is 2.09. The van der Waals surface area contributed by atoms with Crippen LogP contribution in [0.15, 0.2) is 29.5 Å². The van der Waals surface area contributed by atoms with Crippen molar-refractivity contribution in [3.8, 4) is 0 Å². The summed E-state index contributed by atoms with van der Waals surface area (Å²) in [5, 5.41) is 0. The number of aromatic nitrogens is 3. The molecule has 0 amide bonds. The first-order valence-electron chi connectivity index (χ1n) is 2.80. The molecule has 0 saturated heterocycles. The average molecular weight is 198 g/mol. The highest BCUT2D eigenvalue weighted by Gasteiger charge is 1.95. The summed E-state index contributed by atoms with van der Waals surface area (Å²) >= 11 is 3.28. The number of halogens is 1. The molecule has 10 heavy (non-hydrogen) atoms. The van der Waals surface area contributed by atoms with Crippen molar-refractivity contribution in [1.82, 2.24) is 14.4 Å². The van der Waals surface area contributed by atoms with E-state index >= 15 is 0 Å². The summed E-state index contributed by atoms with van der Waals surface area (Å²) in [6.07, 6.45) is 5.24. The van der Waals surface area contributed by atoms with E-state index in [4.69, 9.17) is 0 Å². The second-order valence-corrected chi connectivity index (χ2v) is 2.61. The maximum absolute atomic E-state index is 4.04. The maximum Gasteiger partial charge on any atom is 0.182 e.